The Hall–Kier alpha value is -0.210. The summed E-state index contributed by atoms with van der Waals surface area (Å²) >= 11 is 10.1. The molecule has 58 valence electrons. The maximum absolute atomic E-state index is 10.6. The zero-order valence-corrected chi connectivity index (χ0v) is 7.08. The molecule has 0 saturated heterocycles. The van der Waals surface area contributed by atoms with Gasteiger partial charge < -0.3 is 4.29 Å². The fourth-order valence-corrected chi connectivity index (χ4v) is 0.817. The number of hydrogen-bond donors (Lipinski definition) is 0. The van der Waals surface area contributed by atoms with E-state index in [2.05, 4.69) is 4.29 Å². The van der Waals surface area contributed by atoms with E-state index in [1.807, 2.05) is 6.92 Å². The van der Waals surface area contributed by atoms with E-state index in [1.54, 1.807) is 0 Å². The molecule has 0 bridgehead atoms. The SMILES string of the molecule is CCCC(=CCl)C(=O)OCl. The van der Waals surface area contributed by atoms with Gasteiger partial charge in [-0.3, -0.25) is 0 Å². The van der Waals surface area contributed by atoms with Gasteiger partial charge in [0.05, 0.1) is 0 Å². The summed E-state index contributed by atoms with van der Waals surface area (Å²) in [6, 6.07) is 0. The minimum Gasteiger partial charge on any atom is -0.343 e. The fraction of sp³-hybridized carbons (Fsp3) is 0.500. The van der Waals surface area contributed by atoms with Crippen molar-refractivity contribution >= 4 is 29.4 Å². The van der Waals surface area contributed by atoms with Crippen LogP contribution in [0.25, 0.3) is 0 Å². The maximum atomic E-state index is 10.6. The van der Waals surface area contributed by atoms with Crippen molar-refractivity contribution in [3.63, 3.8) is 0 Å². The average molecular weight is 183 g/mol. The molecule has 0 amide bonds. The van der Waals surface area contributed by atoms with Gasteiger partial charge in [-0.2, -0.15) is 0 Å². The highest BCUT2D eigenvalue weighted by atomic mass is 35.5. The van der Waals surface area contributed by atoms with E-state index >= 15 is 0 Å². The van der Waals surface area contributed by atoms with Crippen LogP contribution in [0.4, 0.5) is 0 Å². The van der Waals surface area contributed by atoms with Crippen LogP contribution in [0.15, 0.2) is 11.1 Å². The van der Waals surface area contributed by atoms with Crippen molar-refractivity contribution in [3.05, 3.63) is 11.1 Å². The van der Waals surface area contributed by atoms with Crippen LogP contribution in [0.2, 0.25) is 0 Å². The van der Waals surface area contributed by atoms with Gasteiger partial charge in [-0.25, -0.2) is 4.79 Å². The lowest BCUT2D eigenvalue weighted by Gasteiger charge is -1.97. The number of halogens is 2. The van der Waals surface area contributed by atoms with Gasteiger partial charge in [0.15, 0.2) is 0 Å². The standard InChI is InChI=1S/C6H8Cl2O2/c1-2-3-5(4-7)6(9)10-8/h4H,2-3H2,1H3. The molecular weight excluding hydrogens is 175 g/mol. The lowest BCUT2D eigenvalue weighted by Crippen LogP contribution is -2.00. The summed E-state index contributed by atoms with van der Waals surface area (Å²) in [7, 11) is 0. The molecule has 0 fully saturated rings. The van der Waals surface area contributed by atoms with E-state index in [9.17, 15) is 4.79 Å². The molecule has 0 saturated carbocycles. The predicted octanol–water partition coefficient (Wildman–Crippen LogP) is 2.61. The quantitative estimate of drug-likeness (QED) is 0.628. The monoisotopic (exact) mass is 182 g/mol. The van der Waals surface area contributed by atoms with E-state index in [-0.39, 0.29) is 0 Å². The van der Waals surface area contributed by atoms with Crippen molar-refractivity contribution in [2.24, 2.45) is 0 Å². The Balaban J connectivity index is 3.95. The maximum Gasteiger partial charge on any atom is 0.353 e. The van der Waals surface area contributed by atoms with Crippen LogP contribution >= 0.6 is 23.5 Å². The first-order valence-electron chi connectivity index (χ1n) is 2.88. The Morgan fingerprint density at radius 1 is 1.70 bits per heavy atom. The van der Waals surface area contributed by atoms with Gasteiger partial charge in [0, 0.05) is 11.1 Å². The number of carbonyl (C=O) groups excluding carboxylic acids is 1. The third-order valence-corrected chi connectivity index (χ3v) is 1.39. The largest absolute Gasteiger partial charge is 0.353 e. The number of carbonyl (C=O) groups is 1. The zero-order valence-electron chi connectivity index (χ0n) is 5.56. The van der Waals surface area contributed by atoms with Gasteiger partial charge in [-0.05, 0) is 6.42 Å². The highest BCUT2D eigenvalue weighted by molar-refractivity contribution is 6.28. The molecule has 0 aromatic carbocycles. The summed E-state index contributed by atoms with van der Waals surface area (Å²) < 4.78 is 3.94. The molecule has 0 rings (SSSR count). The highest BCUT2D eigenvalue weighted by Crippen LogP contribution is 2.09. The van der Waals surface area contributed by atoms with Crippen LogP contribution in [0, 0.1) is 0 Å². The second-order valence-corrected chi connectivity index (χ2v) is 2.12. The van der Waals surface area contributed by atoms with E-state index < -0.39 is 5.97 Å². The van der Waals surface area contributed by atoms with Crippen LogP contribution in [0.3, 0.4) is 0 Å². The van der Waals surface area contributed by atoms with Crippen molar-refractivity contribution in [2.75, 3.05) is 0 Å². The zero-order chi connectivity index (χ0) is 7.98. The second kappa shape index (κ2) is 5.57. The van der Waals surface area contributed by atoms with Gasteiger partial charge >= 0.3 is 5.97 Å². The molecule has 0 aliphatic rings. The fourth-order valence-electron chi connectivity index (χ4n) is 0.520. The molecule has 2 nitrogen and oxygen atoms in total. The molecule has 4 heteroatoms. The Bertz CT molecular complexity index is 143. The molecule has 0 radical (unpaired) electrons. The van der Waals surface area contributed by atoms with Gasteiger partial charge in [0.2, 0.25) is 0 Å². The van der Waals surface area contributed by atoms with Gasteiger partial charge in [0.25, 0.3) is 0 Å². The van der Waals surface area contributed by atoms with E-state index in [0.29, 0.717) is 12.0 Å². The molecule has 0 aromatic heterocycles. The van der Waals surface area contributed by atoms with Gasteiger partial charge in [0.1, 0.15) is 11.9 Å². The number of hydrogen-bond acceptors (Lipinski definition) is 2. The molecule has 0 spiro atoms. The van der Waals surface area contributed by atoms with E-state index in [1.165, 1.54) is 5.54 Å². The third-order valence-electron chi connectivity index (χ3n) is 0.983. The van der Waals surface area contributed by atoms with E-state index in [0.717, 1.165) is 6.42 Å². The van der Waals surface area contributed by atoms with E-state index in [4.69, 9.17) is 23.5 Å². The van der Waals surface area contributed by atoms with Crippen LogP contribution in [-0.4, -0.2) is 5.97 Å². The van der Waals surface area contributed by atoms with Crippen molar-refractivity contribution in [2.45, 2.75) is 19.8 Å². The molecule has 0 atom stereocenters. The highest BCUT2D eigenvalue weighted by Gasteiger charge is 2.07. The van der Waals surface area contributed by atoms with Gasteiger partial charge in [-0.1, -0.05) is 24.9 Å². The van der Waals surface area contributed by atoms with Crippen molar-refractivity contribution in [3.8, 4) is 0 Å². The minimum absolute atomic E-state index is 0.402. The molecule has 0 aromatic rings. The van der Waals surface area contributed by atoms with Gasteiger partial charge in [-0.15, -0.1) is 0 Å². The first-order chi connectivity index (χ1) is 4.76. The molecule has 0 aliphatic carbocycles. The summed E-state index contributed by atoms with van der Waals surface area (Å²) in [6.45, 7) is 1.93. The molecule has 0 heterocycles. The first kappa shape index (κ1) is 9.79. The first-order valence-corrected chi connectivity index (χ1v) is 3.63. The lowest BCUT2D eigenvalue weighted by atomic mass is 10.2. The summed E-state index contributed by atoms with van der Waals surface area (Å²) in [5, 5.41) is 0. The van der Waals surface area contributed by atoms with Crippen LogP contribution in [0.1, 0.15) is 19.8 Å². The minimum atomic E-state index is -0.571. The Labute approximate surface area is 69.9 Å². The number of rotatable bonds is 3. The molecular formula is C6H8Cl2O2. The average Bonchev–Trinajstić information content (AvgIpc) is 1.99. The lowest BCUT2D eigenvalue weighted by molar-refractivity contribution is -0.129. The van der Waals surface area contributed by atoms with Crippen molar-refractivity contribution in [1.29, 1.82) is 0 Å². The predicted molar refractivity (Wildman–Crippen MR) is 40.8 cm³/mol. The van der Waals surface area contributed by atoms with Crippen LogP contribution < -0.4 is 0 Å². The Morgan fingerprint density at radius 3 is 2.60 bits per heavy atom. The summed E-state index contributed by atoms with van der Waals surface area (Å²) in [5.74, 6) is -0.571. The Morgan fingerprint density at radius 2 is 2.30 bits per heavy atom. The van der Waals surface area contributed by atoms with Crippen LogP contribution in [0.5, 0.6) is 0 Å². The molecule has 0 aliphatic heterocycles. The molecule has 10 heavy (non-hydrogen) atoms. The molecule has 0 N–H and O–H groups in total. The molecule has 0 unspecified atom stereocenters. The second-order valence-electron chi connectivity index (χ2n) is 1.75. The Kier molecular flexibility index (Phi) is 5.45. The summed E-state index contributed by atoms with van der Waals surface area (Å²) in [5.41, 5.74) is 1.59. The van der Waals surface area contributed by atoms with Crippen molar-refractivity contribution in [1.82, 2.24) is 0 Å². The summed E-state index contributed by atoms with van der Waals surface area (Å²) in [4.78, 5) is 10.6. The normalized spacial score (nSPS) is 11.3. The summed E-state index contributed by atoms with van der Waals surface area (Å²) in [6.07, 6.45) is 1.43. The topological polar surface area (TPSA) is 26.3 Å². The smallest absolute Gasteiger partial charge is 0.343 e. The van der Waals surface area contributed by atoms with Crippen molar-refractivity contribution < 1.29 is 9.08 Å². The third kappa shape index (κ3) is 3.08. The van der Waals surface area contributed by atoms with Crippen LogP contribution in [-0.2, 0) is 9.08 Å².